The molecule has 0 saturated carbocycles. The smallest absolute Gasteiger partial charge is 0.303 e. The number of aldehydes is 1. The standard InChI is InChI=1S/C92H136N26O29/c1-50(2)37-57(105-69(122)39-93)80(135)108-54(23-26-76(129)130)78(133)107-55(24-27-77(131)132)79(134)109-59(48-120)90(145)116-34-8-16-62(116)82(137)98-43-72(125)106-58(38-52-40-95-49-102-52)89(144)115-33-7-15-61(115)81(136)97-42-71(124)104-56(22-25-68(94)121)88(143)114-32-6-17-63(114)85(140)100-45-74(127)112-30-12-21-67(112)92(147)118-36-10-19-65(118)86(141)101-46-75(128)111-29-11-20-66(111)91(146)117-35-9-18-64(117)83(138)96-41-70(123)103-51(3)87(142)113-31-5-14-60(113)84(139)99-44-73(126)110-28-4-13-53(110)47-119/h40,47,49-51,53-67,120H,4-39,41-46,48,93H2,1-3H3,(H2,94,121)(H,95,102)(H,96,138)(H,97,136)(H,98,137)(H,99,139)(H,100,140)(H,101,141)(H,103,123)(H,104,124)(H,105,122)(H,106,125)(H,107,133)(H,108,135)(H,109,134)(H,129,130)(H,131,132)/t51-,53-,54-,55-,56-,57-,58-,59-,60-,61-,62-,63-,64-,65-,66-,67-/m0/s1. The molecule has 9 aliphatic heterocycles. The van der Waals surface area contributed by atoms with E-state index in [2.05, 4.69) is 79.1 Å². The van der Waals surface area contributed by atoms with Crippen molar-refractivity contribution in [2.45, 2.75) is 284 Å². The summed E-state index contributed by atoms with van der Waals surface area (Å²) in [4.78, 5) is 369. The second-order valence-corrected chi connectivity index (χ2v) is 38.4. The molecular formula is C92H136N26O29. The minimum atomic E-state index is -1.84. The van der Waals surface area contributed by atoms with Gasteiger partial charge in [-0.15, -0.1) is 0 Å². The summed E-state index contributed by atoms with van der Waals surface area (Å²) in [5, 5.41) is 61.7. The number of likely N-dealkylation sites (tertiary alicyclic amines) is 9. The van der Waals surface area contributed by atoms with Crippen LogP contribution in [0, 0.1) is 5.92 Å². The highest BCUT2D eigenvalue weighted by molar-refractivity contribution is 6.03. The van der Waals surface area contributed by atoms with Crippen molar-refractivity contribution in [2.75, 3.05) is 111 Å². The first-order valence-electron chi connectivity index (χ1n) is 50.0. The maximum atomic E-state index is 14.6. The van der Waals surface area contributed by atoms with Crippen LogP contribution in [0.5, 0.6) is 0 Å². The lowest BCUT2D eigenvalue weighted by Gasteiger charge is -2.32. The zero-order valence-corrected chi connectivity index (χ0v) is 82.5. The molecule has 9 fully saturated rings. The van der Waals surface area contributed by atoms with Crippen molar-refractivity contribution in [1.82, 2.24) is 123 Å². The lowest BCUT2D eigenvalue weighted by Crippen LogP contribution is -2.60. The predicted octanol–water partition coefficient (Wildman–Crippen LogP) is -10.8. The number of H-pyrrole nitrogens is 1. The van der Waals surface area contributed by atoms with Gasteiger partial charge < -0.3 is 150 Å². The topological polar surface area (TPSA) is 771 Å². The second kappa shape index (κ2) is 54.6. The molecule has 10 rings (SSSR count). The number of aliphatic carboxylic acids is 2. The molecule has 10 heterocycles. The molecule has 23 amide bonds. The molecular weight excluding hydrogens is 1930 g/mol. The number of nitrogens with zero attached hydrogens (tertiary/aromatic N) is 10. The number of aromatic nitrogens is 2. The zero-order chi connectivity index (χ0) is 107. The van der Waals surface area contributed by atoms with Gasteiger partial charge in [0, 0.05) is 96.5 Å². The number of rotatable bonds is 50. The number of nitrogens with two attached hydrogens (primary N) is 2. The number of aliphatic hydroxyl groups is 1. The Morgan fingerprint density at radius 2 is 0.694 bits per heavy atom. The van der Waals surface area contributed by atoms with Crippen molar-refractivity contribution < 1.29 is 140 Å². The van der Waals surface area contributed by atoms with E-state index in [0.29, 0.717) is 69.9 Å². The zero-order valence-electron chi connectivity index (χ0n) is 82.5. The molecule has 55 nitrogen and oxygen atoms in total. The van der Waals surface area contributed by atoms with Crippen LogP contribution >= 0.6 is 0 Å². The normalized spacial score (nSPS) is 21.9. The summed E-state index contributed by atoms with van der Waals surface area (Å²) in [5.41, 5.74) is 11.3. The first kappa shape index (κ1) is 114. The largest absolute Gasteiger partial charge is 0.481 e. The van der Waals surface area contributed by atoms with Crippen molar-refractivity contribution in [3.05, 3.63) is 18.2 Å². The molecule has 0 spiro atoms. The number of amides is 23. The number of aliphatic hydroxyl groups excluding tert-OH is 1. The van der Waals surface area contributed by atoms with Crippen LogP contribution in [0.15, 0.2) is 12.5 Å². The molecule has 9 saturated heterocycles. The molecule has 808 valence electrons. The maximum absolute atomic E-state index is 14.6. The molecule has 0 radical (unpaired) electrons. The van der Waals surface area contributed by atoms with Crippen LogP contribution in [0.25, 0.3) is 0 Å². The summed E-state index contributed by atoms with van der Waals surface area (Å²) in [6.45, 7) is 0.520. The van der Waals surface area contributed by atoms with Gasteiger partial charge in [-0.2, -0.15) is 0 Å². The number of imidazole rings is 1. The lowest BCUT2D eigenvalue weighted by atomic mass is 10.0. The monoisotopic (exact) mass is 2070 g/mol. The first-order chi connectivity index (χ1) is 70.1. The molecule has 21 N–H and O–H groups in total. The summed E-state index contributed by atoms with van der Waals surface area (Å²) in [6.07, 6.45) is 5.05. The highest BCUT2D eigenvalue weighted by Gasteiger charge is 2.49. The maximum Gasteiger partial charge on any atom is 0.303 e. The van der Waals surface area contributed by atoms with Gasteiger partial charge >= 0.3 is 11.9 Å². The summed E-state index contributed by atoms with van der Waals surface area (Å²) in [5.74, 6) is -20.9. The van der Waals surface area contributed by atoms with E-state index in [-0.39, 0.29) is 148 Å². The van der Waals surface area contributed by atoms with Gasteiger partial charge in [-0.25, -0.2) is 4.98 Å². The van der Waals surface area contributed by atoms with E-state index >= 15 is 0 Å². The predicted molar refractivity (Wildman–Crippen MR) is 506 cm³/mol. The van der Waals surface area contributed by atoms with Gasteiger partial charge in [-0.3, -0.25) is 120 Å². The minimum absolute atomic E-state index is 0.00198. The Hall–Kier alpha value is -14.4. The number of aromatic amines is 1. The summed E-state index contributed by atoms with van der Waals surface area (Å²) < 4.78 is 0. The SMILES string of the molecule is CC(C)C[C@H](NC(=O)CN)C(=O)N[C@@H](CCC(=O)O)C(=O)N[C@@H](CCC(=O)O)C(=O)N[C@@H](CO)C(=O)N1CCC[C@H]1C(=O)NCC(=O)N[C@@H](Cc1cnc[nH]1)C(=O)N1CCC[C@H]1C(=O)NCC(=O)N[C@@H](CCC(N)=O)C(=O)N1CCC[C@H]1C(=O)NCC(=O)N1CCC[C@H]1C(=O)N1CCC[C@H]1C(=O)NCC(=O)N1CCC[C@H]1C(=O)N1CCC[C@H]1C(=O)NCC(=O)N[C@@H](C)C(=O)N1CCC[C@H]1C(=O)NCC(=O)N1CCC[C@H]1C=O. The average Bonchev–Trinajstić information content (AvgIpc) is 1.66. The molecule has 55 heteroatoms. The Morgan fingerprint density at radius 3 is 1.07 bits per heavy atom. The highest BCUT2D eigenvalue weighted by atomic mass is 16.4. The van der Waals surface area contributed by atoms with E-state index in [1.165, 1.54) is 53.7 Å². The van der Waals surface area contributed by atoms with E-state index in [4.69, 9.17) is 11.5 Å². The Morgan fingerprint density at radius 1 is 0.374 bits per heavy atom. The fraction of sp³-hybridized carbons (Fsp3) is 0.685. The van der Waals surface area contributed by atoms with Gasteiger partial charge in [0.05, 0.1) is 64.8 Å². The van der Waals surface area contributed by atoms with Crippen LogP contribution in [0.1, 0.15) is 187 Å². The van der Waals surface area contributed by atoms with Gasteiger partial charge in [0.15, 0.2) is 0 Å². The molecule has 1 aromatic rings. The Labute approximate surface area is 845 Å². The second-order valence-electron chi connectivity index (χ2n) is 38.4. The molecule has 9 aliphatic rings. The summed E-state index contributed by atoms with van der Waals surface area (Å²) >= 11 is 0. The number of carboxylic acid groups (broad SMARTS) is 2. The van der Waals surface area contributed by atoms with Crippen LogP contribution in [0.3, 0.4) is 0 Å². The molecule has 0 bridgehead atoms. The number of hydrogen-bond acceptors (Lipinski definition) is 29. The fourth-order valence-corrected chi connectivity index (χ4v) is 20.2. The van der Waals surface area contributed by atoms with Crippen LogP contribution in [-0.2, 0) is 131 Å². The number of primary amides is 1. The molecule has 0 aromatic carbocycles. The van der Waals surface area contributed by atoms with Crippen molar-refractivity contribution >= 4 is 154 Å². The van der Waals surface area contributed by atoms with Gasteiger partial charge in [-0.05, 0) is 154 Å². The third-order valence-electron chi connectivity index (χ3n) is 27.6. The van der Waals surface area contributed by atoms with E-state index < -0.39 is 322 Å². The number of nitrogens with one attached hydrogen (secondary N) is 14. The van der Waals surface area contributed by atoms with Gasteiger partial charge in [0.1, 0.15) is 96.9 Å². The van der Waals surface area contributed by atoms with Crippen LogP contribution < -0.4 is 80.6 Å². The van der Waals surface area contributed by atoms with Gasteiger partial charge in [0.2, 0.25) is 136 Å². The van der Waals surface area contributed by atoms with E-state index in [0.717, 1.165) is 9.80 Å². The average molecular weight is 2070 g/mol. The van der Waals surface area contributed by atoms with E-state index in [1.807, 2.05) is 0 Å². The van der Waals surface area contributed by atoms with Crippen LogP contribution in [-0.4, -0.2) is 431 Å². The molecule has 0 aliphatic carbocycles. The Bertz CT molecular complexity index is 5060. The van der Waals surface area contributed by atoms with Gasteiger partial charge in [-0.1, -0.05) is 13.8 Å². The Balaban J connectivity index is 0.656. The lowest BCUT2D eigenvalue weighted by molar-refractivity contribution is -0.148. The number of hydrogen-bond donors (Lipinski definition) is 19. The van der Waals surface area contributed by atoms with Crippen molar-refractivity contribution in [2.24, 2.45) is 17.4 Å². The molecule has 147 heavy (non-hydrogen) atoms. The summed E-state index contributed by atoms with van der Waals surface area (Å²) in [6, 6.07) is -20.0. The van der Waals surface area contributed by atoms with Crippen molar-refractivity contribution in [3.63, 3.8) is 0 Å². The van der Waals surface area contributed by atoms with Crippen LogP contribution in [0.2, 0.25) is 0 Å². The number of carboxylic acids is 2. The first-order valence-corrected chi connectivity index (χ1v) is 50.0. The quantitative estimate of drug-likeness (QED) is 0.0269. The van der Waals surface area contributed by atoms with Gasteiger partial charge in [0.25, 0.3) is 0 Å². The Kier molecular flexibility index (Phi) is 42.6. The third-order valence-corrected chi connectivity index (χ3v) is 27.6. The summed E-state index contributed by atoms with van der Waals surface area (Å²) in [7, 11) is 0. The third kappa shape index (κ3) is 31.3. The van der Waals surface area contributed by atoms with Crippen molar-refractivity contribution in [3.8, 4) is 0 Å². The minimum Gasteiger partial charge on any atom is -0.481 e. The molecule has 16 atom stereocenters. The van der Waals surface area contributed by atoms with Crippen LogP contribution in [0.4, 0.5) is 0 Å². The van der Waals surface area contributed by atoms with E-state index in [9.17, 15) is 140 Å². The van der Waals surface area contributed by atoms with Crippen molar-refractivity contribution in [1.29, 1.82) is 0 Å². The van der Waals surface area contributed by atoms with E-state index in [1.54, 1.807) is 13.8 Å². The number of carbonyl (C=O) groups excluding carboxylic acids is 24. The molecule has 0 unspecified atom stereocenters. The highest BCUT2D eigenvalue weighted by Crippen LogP contribution is 2.31. The molecule has 1 aromatic heterocycles. The number of carbonyl (C=O) groups is 26. The fourth-order valence-electron chi connectivity index (χ4n) is 20.2.